The van der Waals surface area contributed by atoms with E-state index in [4.69, 9.17) is 9.63 Å². The van der Waals surface area contributed by atoms with Crippen molar-refractivity contribution in [3.8, 4) is 0 Å². The van der Waals surface area contributed by atoms with Crippen molar-refractivity contribution >= 4 is 10.0 Å². The standard InChI is InChI=1S/C10H18N2O4S/c1-7-9(8(2)16-11-7)17(14,15)12-10(3,4)5-6-13/h12-13H,5-6H2,1-4H3. The largest absolute Gasteiger partial charge is 0.396 e. The number of aliphatic hydroxyl groups is 1. The Morgan fingerprint density at radius 3 is 2.41 bits per heavy atom. The average Bonchev–Trinajstić information content (AvgIpc) is 2.43. The van der Waals surface area contributed by atoms with E-state index >= 15 is 0 Å². The number of aromatic nitrogens is 1. The minimum absolute atomic E-state index is 0.0727. The molecule has 0 aliphatic heterocycles. The summed E-state index contributed by atoms with van der Waals surface area (Å²) >= 11 is 0. The minimum Gasteiger partial charge on any atom is -0.396 e. The predicted molar refractivity (Wildman–Crippen MR) is 62.1 cm³/mol. The first-order valence-electron chi connectivity index (χ1n) is 5.27. The zero-order valence-electron chi connectivity index (χ0n) is 10.4. The molecule has 0 aliphatic rings. The highest BCUT2D eigenvalue weighted by Crippen LogP contribution is 2.21. The van der Waals surface area contributed by atoms with Gasteiger partial charge in [0.05, 0.1) is 0 Å². The van der Waals surface area contributed by atoms with Crippen LogP contribution >= 0.6 is 0 Å². The molecular weight excluding hydrogens is 244 g/mol. The van der Waals surface area contributed by atoms with Crippen LogP contribution in [0.25, 0.3) is 0 Å². The molecular formula is C10H18N2O4S. The van der Waals surface area contributed by atoms with Crippen LogP contribution in [0.1, 0.15) is 31.7 Å². The van der Waals surface area contributed by atoms with Gasteiger partial charge in [-0.2, -0.15) is 0 Å². The molecule has 0 aliphatic carbocycles. The summed E-state index contributed by atoms with van der Waals surface area (Å²) in [7, 11) is -3.68. The molecule has 0 atom stereocenters. The normalized spacial score (nSPS) is 13.0. The molecule has 1 rings (SSSR count). The van der Waals surface area contributed by atoms with Gasteiger partial charge in [0.15, 0.2) is 5.76 Å². The second kappa shape index (κ2) is 4.75. The Hall–Kier alpha value is -0.920. The van der Waals surface area contributed by atoms with Gasteiger partial charge >= 0.3 is 0 Å². The molecule has 0 unspecified atom stereocenters. The van der Waals surface area contributed by atoms with Crippen LogP contribution in [0, 0.1) is 13.8 Å². The summed E-state index contributed by atoms with van der Waals surface area (Å²) in [5, 5.41) is 12.5. The molecule has 17 heavy (non-hydrogen) atoms. The van der Waals surface area contributed by atoms with E-state index in [-0.39, 0.29) is 17.3 Å². The summed E-state index contributed by atoms with van der Waals surface area (Å²) in [5.41, 5.74) is -0.390. The minimum atomic E-state index is -3.68. The van der Waals surface area contributed by atoms with Crippen molar-refractivity contribution in [3.05, 3.63) is 11.5 Å². The first-order valence-corrected chi connectivity index (χ1v) is 6.75. The Labute approximate surface area is 101 Å². The van der Waals surface area contributed by atoms with Crippen LogP contribution in [-0.2, 0) is 10.0 Å². The third-order valence-electron chi connectivity index (χ3n) is 2.38. The zero-order valence-corrected chi connectivity index (χ0v) is 11.3. The number of hydrogen-bond donors (Lipinski definition) is 2. The van der Waals surface area contributed by atoms with E-state index in [0.717, 1.165) is 0 Å². The topological polar surface area (TPSA) is 92.4 Å². The lowest BCUT2D eigenvalue weighted by Gasteiger charge is -2.24. The number of sulfonamides is 1. The summed E-state index contributed by atoms with van der Waals surface area (Å²) in [6.45, 7) is 6.45. The molecule has 0 radical (unpaired) electrons. The monoisotopic (exact) mass is 262 g/mol. The average molecular weight is 262 g/mol. The highest BCUT2D eigenvalue weighted by molar-refractivity contribution is 7.89. The quantitative estimate of drug-likeness (QED) is 0.816. The van der Waals surface area contributed by atoms with Gasteiger partial charge in [-0.05, 0) is 34.1 Å². The summed E-state index contributed by atoms with van der Waals surface area (Å²) in [6.07, 6.45) is 0.329. The van der Waals surface area contributed by atoms with Gasteiger partial charge in [0.1, 0.15) is 10.6 Å². The SMILES string of the molecule is Cc1noc(C)c1S(=O)(=O)NC(C)(C)CCO. The van der Waals surface area contributed by atoms with Gasteiger partial charge in [-0.15, -0.1) is 0 Å². The van der Waals surface area contributed by atoms with Crippen LogP contribution in [-0.4, -0.2) is 30.8 Å². The second-order valence-electron chi connectivity index (χ2n) is 4.62. The fourth-order valence-electron chi connectivity index (χ4n) is 1.60. The van der Waals surface area contributed by atoms with Crippen molar-refractivity contribution in [2.24, 2.45) is 0 Å². The smallest absolute Gasteiger partial charge is 0.246 e. The molecule has 0 amide bonds. The molecule has 1 heterocycles. The van der Waals surface area contributed by atoms with E-state index in [1.165, 1.54) is 0 Å². The Balaban J connectivity index is 3.06. The number of nitrogens with one attached hydrogen (secondary N) is 1. The molecule has 0 aromatic carbocycles. The lowest BCUT2D eigenvalue weighted by molar-refractivity contribution is 0.245. The van der Waals surface area contributed by atoms with E-state index in [2.05, 4.69) is 9.88 Å². The Morgan fingerprint density at radius 1 is 1.41 bits per heavy atom. The zero-order chi connectivity index (χ0) is 13.3. The van der Waals surface area contributed by atoms with E-state index in [1.807, 2.05) is 0 Å². The van der Waals surface area contributed by atoms with Crippen molar-refractivity contribution in [2.75, 3.05) is 6.61 Å². The Kier molecular flexibility index (Phi) is 3.95. The molecule has 6 nitrogen and oxygen atoms in total. The van der Waals surface area contributed by atoms with Gasteiger partial charge in [-0.25, -0.2) is 13.1 Å². The van der Waals surface area contributed by atoms with Crippen molar-refractivity contribution in [1.82, 2.24) is 9.88 Å². The highest BCUT2D eigenvalue weighted by Gasteiger charge is 2.30. The third kappa shape index (κ3) is 3.27. The van der Waals surface area contributed by atoms with Gasteiger partial charge in [-0.3, -0.25) is 0 Å². The van der Waals surface area contributed by atoms with E-state index < -0.39 is 15.6 Å². The van der Waals surface area contributed by atoms with Gasteiger partial charge in [0.2, 0.25) is 10.0 Å². The maximum Gasteiger partial charge on any atom is 0.246 e. The van der Waals surface area contributed by atoms with Gasteiger partial charge < -0.3 is 9.63 Å². The third-order valence-corrected chi connectivity index (χ3v) is 4.33. The van der Waals surface area contributed by atoms with Gasteiger partial charge in [0.25, 0.3) is 0 Å². The summed E-state index contributed by atoms with van der Waals surface area (Å²) in [5.74, 6) is 0.259. The second-order valence-corrected chi connectivity index (χ2v) is 6.24. The summed E-state index contributed by atoms with van der Waals surface area (Å²) in [6, 6.07) is 0. The van der Waals surface area contributed by atoms with E-state index in [9.17, 15) is 8.42 Å². The van der Waals surface area contributed by atoms with Crippen molar-refractivity contribution < 1.29 is 18.0 Å². The molecule has 0 spiro atoms. The van der Waals surface area contributed by atoms with Crippen LogP contribution in [0.3, 0.4) is 0 Å². The van der Waals surface area contributed by atoms with E-state index in [0.29, 0.717) is 12.1 Å². The molecule has 1 aromatic rings. The number of aliphatic hydroxyl groups excluding tert-OH is 1. The molecule has 2 N–H and O–H groups in total. The van der Waals surface area contributed by atoms with Crippen LogP contribution < -0.4 is 4.72 Å². The Morgan fingerprint density at radius 2 is 2.00 bits per heavy atom. The van der Waals surface area contributed by atoms with Crippen LogP contribution in [0.15, 0.2) is 9.42 Å². The number of nitrogens with zero attached hydrogens (tertiary/aromatic N) is 1. The molecule has 7 heteroatoms. The number of hydrogen-bond acceptors (Lipinski definition) is 5. The fraction of sp³-hybridized carbons (Fsp3) is 0.700. The van der Waals surface area contributed by atoms with E-state index in [1.54, 1.807) is 27.7 Å². The van der Waals surface area contributed by atoms with Crippen LogP contribution in [0.5, 0.6) is 0 Å². The number of aryl methyl sites for hydroxylation is 2. The van der Waals surface area contributed by atoms with Crippen molar-refractivity contribution in [1.29, 1.82) is 0 Å². The number of rotatable bonds is 5. The highest BCUT2D eigenvalue weighted by atomic mass is 32.2. The van der Waals surface area contributed by atoms with Gasteiger partial charge in [0, 0.05) is 12.1 Å². The maximum absolute atomic E-state index is 12.1. The van der Waals surface area contributed by atoms with Crippen molar-refractivity contribution in [3.63, 3.8) is 0 Å². The fourth-order valence-corrected chi connectivity index (χ4v) is 3.38. The summed E-state index contributed by atoms with van der Waals surface area (Å²) < 4.78 is 31.6. The molecule has 0 saturated heterocycles. The molecule has 1 aromatic heterocycles. The van der Waals surface area contributed by atoms with Crippen molar-refractivity contribution in [2.45, 2.75) is 44.6 Å². The maximum atomic E-state index is 12.1. The first kappa shape index (κ1) is 14.1. The molecule has 0 fully saturated rings. The van der Waals surface area contributed by atoms with Crippen LogP contribution in [0.4, 0.5) is 0 Å². The predicted octanol–water partition coefficient (Wildman–Crippen LogP) is 0.731. The lowest BCUT2D eigenvalue weighted by Crippen LogP contribution is -2.44. The Bertz CT molecular complexity index is 471. The molecule has 0 saturated carbocycles. The molecule has 0 bridgehead atoms. The van der Waals surface area contributed by atoms with Crippen LogP contribution in [0.2, 0.25) is 0 Å². The summed E-state index contributed by atoms with van der Waals surface area (Å²) in [4.78, 5) is 0.0727. The lowest BCUT2D eigenvalue weighted by atomic mass is 10.0. The molecule has 98 valence electrons. The van der Waals surface area contributed by atoms with Gasteiger partial charge in [-0.1, -0.05) is 5.16 Å². The first-order chi connectivity index (χ1) is 7.69.